The molecule has 0 heterocycles. The number of nitrogens with zero attached hydrogens (tertiary/aromatic N) is 1. The summed E-state index contributed by atoms with van der Waals surface area (Å²) in [7, 11) is 3.32. The van der Waals surface area contributed by atoms with E-state index in [9.17, 15) is 4.57 Å². The number of likely N-dealkylation sites (N-methyl/N-ethyl adjacent to an activating group) is 1. The molecule has 8 nitrogen and oxygen atoms in total. The van der Waals surface area contributed by atoms with Gasteiger partial charge in [-0.1, -0.05) is 76.2 Å². The summed E-state index contributed by atoms with van der Waals surface area (Å²) in [5.74, 6) is 1.91. The van der Waals surface area contributed by atoms with Crippen molar-refractivity contribution < 1.29 is 27.8 Å². The molecule has 0 bridgehead atoms. The van der Waals surface area contributed by atoms with Crippen molar-refractivity contribution in [3.05, 3.63) is 88.4 Å². The van der Waals surface area contributed by atoms with Gasteiger partial charge in [-0.25, -0.2) is 9.65 Å². The van der Waals surface area contributed by atoms with Gasteiger partial charge in [-0.15, -0.1) is 0 Å². The molecule has 43 heavy (non-hydrogen) atoms. The predicted octanol–water partition coefficient (Wildman–Crippen LogP) is 7.77. The van der Waals surface area contributed by atoms with Gasteiger partial charge in [0.2, 0.25) is 0 Å². The lowest BCUT2D eigenvalue weighted by Gasteiger charge is -2.24. The minimum absolute atomic E-state index is 0. The first kappa shape index (κ1) is 36.6. The fourth-order valence-electron chi connectivity index (χ4n) is 4.21. The average Bonchev–Trinajstić information content (AvgIpc) is 2.95. The summed E-state index contributed by atoms with van der Waals surface area (Å²) in [6.07, 6.45) is 1.31. The van der Waals surface area contributed by atoms with Crippen LogP contribution in [0.4, 0.5) is 0 Å². The van der Waals surface area contributed by atoms with Gasteiger partial charge in [-0.3, -0.25) is 4.52 Å². The summed E-state index contributed by atoms with van der Waals surface area (Å²) in [6, 6.07) is 21.5. The van der Waals surface area contributed by atoms with Crippen LogP contribution in [0.5, 0.6) is 17.2 Å². The molecule has 0 aliphatic carbocycles. The Bertz CT molecular complexity index is 1330. The zero-order chi connectivity index (χ0) is 30.8. The van der Waals surface area contributed by atoms with Gasteiger partial charge in [0.05, 0.1) is 12.1 Å². The number of halogens is 1. The summed E-state index contributed by atoms with van der Waals surface area (Å²) < 4.78 is 42.1. The van der Waals surface area contributed by atoms with Crippen molar-refractivity contribution in [2.45, 2.75) is 52.6 Å². The van der Waals surface area contributed by atoms with E-state index in [0.29, 0.717) is 11.6 Å². The maximum absolute atomic E-state index is 13.3. The van der Waals surface area contributed by atoms with E-state index in [-0.39, 0.29) is 38.1 Å². The van der Waals surface area contributed by atoms with Crippen LogP contribution in [0.1, 0.15) is 44.9 Å². The molecule has 0 aromatic heterocycles. The molecule has 0 aliphatic heterocycles. The van der Waals surface area contributed by atoms with Gasteiger partial charge in [0.15, 0.2) is 6.79 Å². The molecule has 1 N–H and O–H groups in total. The largest absolute Gasteiger partial charge is 0.497 e. The minimum Gasteiger partial charge on any atom is -0.497 e. The Labute approximate surface area is 263 Å². The molecule has 0 radical (unpaired) electrons. The van der Waals surface area contributed by atoms with Crippen molar-refractivity contribution in [2.75, 3.05) is 48.2 Å². The Hall–Kier alpha value is -2.58. The van der Waals surface area contributed by atoms with Crippen LogP contribution in [0.2, 0.25) is 5.02 Å². The number of rotatable bonds is 16. The third-order valence-corrected chi connectivity index (χ3v) is 8.33. The molecule has 0 amide bonds. The molecule has 3 aromatic rings. The van der Waals surface area contributed by atoms with Crippen molar-refractivity contribution in [1.29, 1.82) is 0 Å². The molecule has 3 rings (SSSR count). The lowest BCUT2D eigenvalue weighted by Crippen LogP contribution is -2.34. The van der Waals surface area contributed by atoms with Gasteiger partial charge < -0.3 is 23.6 Å². The highest BCUT2D eigenvalue weighted by Gasteiger charge is 2.27. The fourth-order valence-corrected chi connectivity index (χ4v) is 5.37. The van der Waals surface area contributed by atoms with E-state index < -0.39 is 7.75 Å². The van der Waals surface area contributed by atoms with Gasteiger partial charge in [0.25, 0.3) is 0 Å². The summed E-state index contributed by atoms with van der Waals surface area (Å²) in [4.78, 5) is 1.99. The molecule has 238 valence electrons. The third-order valence-electron chi connectivity index (χ3n) is 6.60. The van der Waals surface area contributed by atoms with E-state index in [0.717, 1.165) is 35.5 Å². The van der Waals surface area contributed by atoms with Gasteiger partial charge in [0, 0.05) is 6.54 Å². The third kappa shape index (κ3) is 11.8. The number of para-hydroxylation sites is 1. The topological polar surface area (TPSA) is 78.5 Å². The Balaban J connectivity index is 0.00000645. The summed E-state index contributed by atoms with van der Waals surface area (Å²) in [5.41, 5.74) is 3.25. The van der Waals surface area contributed by atoms with Crippen LogP contribution in [-0.2, 0) is 32.1 Å². The van der Waals surface area contributed by atoms with Gasteiger partial charge in [-0.2, -0.15) is 0 Å². The molecule has 1 unspecified atom stereocenters. The van der Waals surface area contributed by atoms with E-state index in [1.165, 1.54) is 12.6 Å². The number of methoxy groups -OCH3 is 1. The molecule has 0 saturated heterocycles. The Kier molecular flexibility index (Phi) is 14.5. The monoisotopic (exact) mass is 634 g/mol. The van der Waals surface area contributed by atoms with Crippen LogP contribution in [0.15, 0.2) is 66.7 Å². The lowest BCUT2D eigenvalue weighted by atomic mass is 9.87. The smallest absolute Gasteiger partial charge is 0.460 e. The normalized spacial score (nSPS) is 13.6. The number of ether oxygens (including phenoxy) is 3. The van der Waals surface area contributed by atoms with E-state index in [2.05, 4.69) is 38.0 Å². The SMILES string of the molecule is C.CNP(=O)(OCO[C@H](COc1ccccc1CCc1cccc(OC)c1)CN(C)C)Oc1ccc(C(C)(C)C)cc1Cl. The first-order valence-electron chi connectivity index (χ1n) is 14.0. The van der Waals surface area contributed by atoms with E-state index in [1.807, 2.05) is 67.5 Å². The van der Waals surface area contributed by atoms with Crippen molar-refractivity contribution in [2.24, 2.45) is 0 Å². The molecule has 2 atom stereocenters. The lowest BCUT2D eigenvalue weighted by molar-refractivity contribution is -0.0635. The molecule has 0 fully saturated rings. The van der Waals surface area contributed by atoms with Crippen LogP contribution in [0, 0.1) is 0 Å². The van der Waals surface area contributed by atoms with Crippen LogP contribution in [0.3, 0.4) is 0 Å². The number of hydrogen-bond donors (Lipinski definition) is 1. The van der Waals surface area contributed by atoms with Gasteiger partial charge >= 0.3 is 7.75 Å². The summed E-state index contributed by atoms with van der Waals surface area (Å²) in [6.45, 7) is 6.85. The zero-order valence-electron chi connectivity index (χ0n) is 25.7. The van der Waals surface area contributed by atoms with Crippen molar-refractivity contribution in [1.82, 2.24) is 9.99 Å². The highest BCUT2D eigenvalue weighted by Crippen LogP contribution is 2.46. The van der Waals surface area contributed by atoms with Crippen molar-refractivity contribution in [3.8, 4) is 17.2 Å². The van der Waals surface area contributed by atoms with Gasteiger partial charge in [-0.05, 0) is 86.4 Å². The molecule has 0 spiro atoms. The highest BCUT2D eigenvalue weighted by atomic mass is 35.5. The number of benzene rings is 3. The van der Waals surface area contributed by atoms with Crippen molar-refractivity contribution in [3.63, 3.8) is 0 Å². The van der Waals surface area contributed by atoms with Crippen LogP contribution in [-0.4, -0.2) is 59.2 Å². The van der Waals surface area contributed by atoms with Gasteiger partial charge in [0.1, 0.15) is 30.0 Å². The first-order chi connectivity index (χ1) is 19.9. The second-order valence-corrected chi connectivity index (χ2v) is 13.6. The second-order valence-electron chi connectivity index (χ2n) is 11.3. The Morgan fingerprint density at radius 3 is 2.37 bits per heavy atom. The standard InChI is InChI=1S/C32H44ClN2O6P.CH4/c1-32(2,3)26-17-18-31(29(33)20-26)41-42(36,34-4)40-23-39-28(21-35(5)6)22-38-30-14-9-8-12-25(30)16-15-24-11-10-13-27(19-24)37-7;/h8-14,17-20,28H,15-16,21-23H2,1-7H3,(H,34,36);1H4/t28-,42?;/m0./s1. The maximum atomic E-state index is 13.3. The average molecular weight is 635 g/mol. The van der Waals surface area contributed by atoms with E-state index >= 15 is 0 Å². The first-order valence-corrected chi connectivity index (χ1v) is 15.9. The molecule has 0 aliphatic rings. The summed E-state index contributed by atoms with van der Waals surface area (Å²) >= 11 is 6.43. The summed E-state index contributed by atoms with van der Waals surface area (Å²) in [5, 5.41) is 2.99. The van der Waals surface area contributed by atoms with Crippen molar-refractivity contribution >= 4 is 19.3 Å². The Morgan fingerprint density at radius 1 is 0.977 bits per heavy atom. The number of hydrogen-bond acceptors (Lipinski definition) is 7. The van der Waals surface area contributed by atoms with Crippen LogP contribution < -0.4 is 19.1 Å². The molecule has 0 saturated carbocycles. The predicted molar refractivity (Wildman–Crippen MR) is 176 cm³/mol. The zero-order valence-corrected chi connectivity index (χ0v) is 27.3. The molecule has 10 heteroatoms. The second kappa shape index (κ2) is 17.0. The minimum atomic E-state index is -3.75. The molecular weight excluding hydrogens is 587 g/mol. The van der Waals surface area contributed by atoms with E-state index in [1.54, 1.807) is 13.2 Å². The maximum Gasteiger partial charge on any atom is 0.460 e. The number of nitrogens with one attached hydrogen (secondary N) is 1. The van der Waals surface area contributed by atoms with E-state index in [4.69, 9.17) is 34.9 Å². The highest BCUT2D eigenvalue weighted by molar-refractivity contribution is 7.52. The fraction of sp³-hybridized carbons (Fsp3) is 0.455. The molecule has 3 aromatic carbocycles. The quantitative estimate of drug-likeness (QED) is 0.126. The molecular formula is C33H48ClN2O6P. The Morgan fingerprint density at radius 2 is 1.72 bits per heavy atom. The number of aryl methyl sites for hydroxylation is 2. The van der Waals surface area contributed by atoms with Crippen LogP contribution in [0.25, 0.3) is 0 Å². The van der Waals surface area contributed by atoms with Crippen LogP contribution >= 0.6 is 19.3 Å².